The van der Waals surface area contributed by atoms with Crippen LogP contribution < -0.4 is 35.3 Å². The minimum Gasteiger partial charge on any atom is -1.00 e. The number of thiazole rings is 1. The van der Waals surface area contributed by atoms with E-state index in [9.17, 15) is 4.79 Å². The predicted octanol–water partition coefficient (Wildman–Crippen LogP) is -2.64. The third-order valence-electron chi connectivity index (χ3n) is 0.675. The molecule has 0 spiro atoms. The van der Waals surface area contributed by atoms with Crippen molar-refractivity contribution in [3.8, 4) is 0 Å². The van der Waals surface area contributed by atoms with E-state index in [1.807, 2.05) is 0 Å². The molecule has 0 aliphatic heterocycles. The molecule has 0 aliphatic rings. The number of aromatic nitrogens is 1. The molecule has 0 saturated heterocycles. The van der Waals surface area contributed by atoms with E-state index >= 15 is 0 Å². The number of primary amides is 1. The third-order valence-corrected chi connectivity index (χ3v) is 1.46. The van der Waals surface area contributed by atoms with Gasteiger partial charge in [0.15, 0.2) is 0 Å². The molecule has 0 aromatic carbocycles. The number of carbonyl (C=O) groups excluding carboxylic acids is 1. The van der Waals surface area contributed by atoms with Crippen LogP contribution in [0.5, 0.6) is 0 Å². The predicted molar refractivity (Wildman–Crippen MR) is 31.7 cm³/mol. The van der Waals surface area contributed by atoms with Crippen LogP contribution in [-0.2, 0) is 0 Å². The van der Waals surface area contributed by atoms with Gasteiger partial charge in [0.2, 0.25) is 0 Å². The molecule has 0 aliphatic carbocycles. The molecule has 1 amide bonds. The first-order chi connectivity index (χ1) is 3.80. The second-order valence-corrected chi connectivity index (χ2v) is 2.12. The molecule has 1 rings (SSSR count). The van der Waals surface area contributed by atoms with E-state index in [2.05, 4.69) is 4.98 Å². The van der Waals surface area contributed by atoms with Crippen molar-refractivity contribution in [3.05, 3.63) is 16.6 Å². The van der Waals surface area contributed by atoms with Crippen molar-refractivity contribution in [2.24, 2.45) is 5.73 Å². The van der Waals surface area contributed by atoms with Crippen molar-refractivity contribution in [2.75, 3.05) is 0 Å². The van der Waals surface area contributed by atoms with E-state index in [-0.39, 0.29) is 31.0 Å². The second kappa shape index (κ2) is 4.00. The average molecular weight is 152 g/mol. The zero-order valence-electron chi connectivity index (χ0n) is 6.00. The van der Waals surface area contributed by atoms with Gasteiger partial charge in [0.25, 0.3) is 5.91 Å². The Labute approximate surface area is 80.1 Å². The molecule has 0 fully saturated rings. The zero-order chi connectivity index (χ0) is 5.98. The van der Waals surface area contributed by atoms with Gasteiger partial charge in [-0.25, -0.2) is 0 Å². The number of nitrogens with two attached hydrogens (primary N) is 1. The number of hydrogen-bond acceptors (Lipinski definition) is 3. The fraction of sp³-hybridized carbons (Fsp3) is 0. The maximum atomic E-state index is 10.3. The van der Waals surface area contributed by atoms with Gasteiger partial charge in [-0.1, -0.05) is 0 Å². The summed E-state index contributed by atoms with van der Waals surface area (Å²) in [6.45, 7) is 0. The standard InChI is InChI=1S/C4H4N2OS.Na.H/c5-4(7)3-1-6-2-8-3;;/h1-2H,(H2,5,7);;/q;+1;-1. The number of nitrogens with zero attached hydrogens (tertiary/aromatic N) is 1. The third kappa shape index (κ3) is 2.45. The minimum atomic E-state index is -0.410. The van der Waals surface area contributed by atoms with E-state index in [0.717, 1.165) is 0 Å². The Kier molecular flexibility index (Phi) is 4.05. The van der Waals surface area contributed by atoms with Gasteiger partial charge in [0.05, 0.1) is 11.7 Å². The molecule has 5 heteroatoms. The zero-order valence-corrected chi connectivity index (χ0v) is 7.81. The van der Waals surface area contributed by atoms with Gasteiger partial charge >= 0.3 is 29.6 Å². The summed E-state index contributed by atoms with van der Waals surface area (Å²) in [5.41, 5.74) is 6.46. The van der Waals surface area contributed by atoms with Crippen molar-refractivity contribution in [3.63, 3.8) is 0 Å². The monoisotopic (exact) mass is 152 g/mol. The van der Waals surface area contributed by atoms with Gasteiger partial charge in [-0.05, 0) is 0 Å². The normalized spacial score (nSPS) is 8.00. The summed E-state index contributed by atoms with van der Waals surface area (Å²) in [6, 6.07) is 0. The van der Waals surface area contributed by atoms with Crippen LogP contribution in [0.25, 0.3) is 0 Å². The van der Waals surface area contributed by atoms with Crippen LogP contribution in [0.15, 0.2) is 11.7 Å². The first-order valence-electron chi connectivity index (χ1n) is 1.99. The number of carbonyl (C=O) groups is 1. The molecule has 0 atom stereocenters. The Hall–Kier alpha value is 0.1000. The van der Waals surface area contributed by atoms with Gasteiger partial charge in [-0.2, -0.15) is 0 Å². The van der Waals surface area contributed by atoms with Crippen molar-refractivity contribution >= 4 is 17.2 Å². The van der Waals surface area contributed by atoms with Gasteiger partial charge in [-0.15, -0.1) is 11.3 Å². The van der Waals surface area contributed by atoms with Crippen LogP contribution >= 0.6 is 11.3 Å². The summed E-state index contributed by atoms with van der Waals surface area (Å²) in [6.07, 6.45) is 1.45. The Bertz CT molecular complexity index is 191. The van der Waals surface area contributed by atoms with E-state index < -0.39 is 5.91 Å². The topological polar surface area (TPSA) is 56.0 Å². The Morgan fingerprint density at radius 3 is 2.78 bits per heavy atom. The summed E-state index contributed by atoms with van der Waals surface area (Å²) in [7, 11) is 0. The van der Waals surface area contributed by atoms with Crippen LogP contribution in [0.1, 0.15) is 11.1 Å². The van der Waals surface area contributed by atoms with Crippen molar-refractivity contribution in [2.45, 2.75) is 0 Å². The van der Waals surface area contributed by atoms with Crippen LogP contribution in [0.4, 0.5) is 0 Å². The van der Waals surface area contributed by atoms with Crippen LogP contribution in [0, 0.1) is 0 Å². The molecule has 0 saturated carbocycles. The summed E-state index contributed by atoms with van der Waals surface area (Å²) >= 11 is 1.25. The van der Waals surface area contributed by atoms with Crippen LogP contribution in [-0.4, -0.2) is 10.9 Å². The molecule has 2 N–H and O–H groups in total. The Morgan fingerprint density at radius 2 is 2.56 bits per heavy atom. The van der Waals surface area contributed by atoms with E-state index in [0.29, 0.717) is 4.88 Å². The Morgan fingerprint density at radius 1 is 1.89 bits per heavy atom. The summed E-state index contributed by atoms with van der Waals surface area (Å²) in [4.78, 5) is 14.4. The maximum Gasteiger partial charge on any atom is 1.00 e. The molecular weight excluding hydrogens is 147 g/mol. The van der Waals surface area contributed by atoms with Gasteiger partial charge in [-0.3, -0.25) is 9.78 Å². The smallest absolute Gasteiger partial charge is 1.00 e. The Balaban J connectivity index is 0. The number of amides is 1. The molecule has 0 radical (unpaired) electrons. The van der Waals surface area contributed by atoms with Crippen molar-refractivity contribution in [1.29, 1.82) is 0 Å². The second-order valence-electron chi connectivity index (χ2n) is 1.23. The molecule has 0 bridgehead atoms. The van der Waals surface area contributed by atoms with Crippen LogP contribution in [0.2, 0.25) is 0 Å². The molecular formula is C4H5N2NaOS. The first kappa shape index (κ1) is 9.10. The molecule has 1 aromatic rings. The molecule has 0 unspecified atom stereocenters. The van der Waals surface area contributed by atoms with Crippen molar-refractivity contribution < 1.29 is 35.8 Å². The maximum absolute atomic E-state index is 10.3. The minimum absolute atomic E-state index is 0. The van der Waals surface area contributed by atoms with Gasteiger partial charge < -0.3 is 7.16 Å². The van der Waals surface area contributed by atoms with Gasteiger partial charge in [0, 0.05) is 0 Å². The quantitative estimate of drug-likeness (QED) is 0.447. The van der Waals surface area contributed by atoms with E-state index in [1.54, 1.807) is 5.51 Å². The molecule has 44 valence electrons. The van der Waals surface area contributed by atoms with E-state index in [1.165, 1.54) is 17.5 Å². The largest absolute Gasteiger partial charge is 1.00 e. The van der Waals surface area contributed by atoms with Gasteiger partial charge in [0.1, 0.15) is 4.88 Å². The summed E-state index contributed by atoms with van der Waals surface area (Å²) < 4.78 is 0. The molecule has 1 heterocycles. The molecule has 1 aromatic heterocycles. The van der Waals surface area contributed by atoms with Crippen molar-refractivity contribution in [1.82, 2.24) is 4.98 Å². The average Bonchev–Trinajstić information content (AvgIpc) is 2.12. The fourth-order valence-corrected chi connectivity index (χ4v) is 0.811. The number of hydrogen-bond donors (Lipinski definition) is 1. The molecule has 9 heavy (non-hydrogen) atoms. The summed E-state index contributed by atoms with van der Waals surface area (Å²) in [5, 5.41) is 0. The first-order valence-corrected chi connectivity index (χ1v) is 2.87. The summed E-state index contributed by atoms with van der Waals surface area (Å²) in [5.74, 6) is -0.410. The van der Waals surface area contributed by atoms with Crippen LogP contribution in [0.3, 0.4) is 0 Å². The van der Waals surface area contributed by atoms with E-state index in [4.69, 9.17) is 5.73 Å². The SMILES string of the molecule is NC(=O)c1cncs1.[H-].[Na+]. The molecule has 3 nitrogen and oxygen atoms in total. The fourth-order valence-electron chi connectivity index (χ4n) is 0.337. The number of rotatable bonds is 1.